The average Bonchev–Trinajstić information content (AvgIpc) is 2.37. The molecule has 1 aromatic carbocycles. The van der Waals surface area contributed by atoms with Crippen LogP contribution in [-0.2, 0) is 21.2 Å². The molecule has 0 amide bonds. The van der Waals surface area contributed by atoms with Gasteiger partial charge < -0.3 is 5.11 Å². The SMILES string of the molecule is C#CCC(NS(=O)(=O)CCc1ccccc1)C(=O)O. The second kappa shape index (κ2) is 6.92. The standard InChI is InChI=1S/C13H15NO4S/c1-2-6-12(13(15)16)14-19(17,18)10-9-11-7-4-3-5-8-11/h1,3-5,7-8,12,14H,6,9-10H2,(H,15,16). The predicted molar refractivity (Wildman–Crippen MR) is 71.9 cm³/mol. The molecule has 102 valence electrons. The van der Waals surface area contributed by atoms with Crippen LogP contribution in [0.15, 0.2) is 30.3 Å². The fourth-order valence-corrected chi connectivity index (χ4v) is 2.71. The predicted octanol–water partition coefficient (Wildman–Crippen LogP) is 0.625. The minimum Gasteiger partial charge on any atom is -0.480 e. The number of carboxylic acids is 1. The number of aliphatic carboxylic acids is 1. The summed E-state index contributed by atoms with van der Waals surface area (Å²) >= 11 is 0. The molecule has 0 saturated carbocycles. The summed E-state index contributed by atoms with van der Waals surface area (Å²) in [5, 5.41) is 8.83. The maximum absolute atomic E-state index is 11.8. The van der Waals surface area contributed by atoms with Crippen LogP contribution >= 0.6 is 0 Å². The van der Waals surface area contributed by atoms with Gasteiger partial charge in [-0.05, 0) is 12.0 Å². The van der Waals surface area contributed by atoms with Gasteiger partial charge in [0.1, 0.15) is 6.04 Å². The van der Waals surface area contributed by atoms with Gasteiger partial charge in [0.05, 0.1) is 5.75 Å². The molecule has 1 rings (SSSR count). The third kappa shape index (κ3) is 5.55. The Hall–Kier alpha value is -1.84. The number of rotatable bonds is 7. The number of sulfonamides is 1. The zero-order valence-electron chi connectivity index (χ0n) is 10.2. The van der Waals surface area contributed by atoms with Crippen LogP contribution < -0.4 is 4.72 Å². The minimum absolute atomic E-state index is 0.175. The van der Waals surface area contributed by atoms with E-state index in [2.05, 4.69) is 10.6 Å². The highest BCUT2D eigenvalue weighted by Gasteiger charge is 2.22. The molecule has 1 aromatic rings. The Balaban J connectivity index is 2.61. The van der Waals surface area contributed by atoms with Crippen molar-refractivity contribution in [3.8, 4) is 12.3 Å². The summed E-state index contributed by atoms with van der Waals surface area (Å²) in [7, 11) is -3.67. The Morgan fingerprint density at radius 2 is 2.00 bits per heavy atom. The fourth-order valence-electron chi connectivity index (χ4n) is 1.47. The van der Waals surface area contributed by atoms with E-state index in [9.17, 15) is 13.2 Å². The van der Waals surface area contributed by atoms with Crippen LogP contribution in [0.3, 0.4) is 0 Å². The van der Waals surface area contributed by atoms with E-state index >= 15 is 0 Å². The van der Waals surface area contributed by atoms with Crippen molar-refractivity contribution in [1.82, 2.24) is 4.72 Å². The number of hydrogen-bond donors (Lipinski definition) is 2. The van der Waals surface area contributed by atoms with Crippen LogP contribution in [-0.4, -0.2) is 31.3 Å². The van der Waals surface area contributed by atoms with Gasteiger partial charge in [-0.25, -0.2) is 8.42 Å². The first-order valence-corrected chi connectivity index (χ1v) is 7.30. The van der Waals surface area contributed by atoms with Crippen molar-refractivity contribution < 1.29 is 18.3 Å². The molecule has 0 heterocycles. The zero-order chi connectivity index (χ0) is 14.3. The number of carbonyl (C=O) groups is 1. The molecule has 1 unspecified atom stereocenters. The Bertz CT molecular complexity index is 560. The van der Waals surface area contributed by atoms with E-state index in [1.807, 2.05) is 30.3 Å². The lowest BCUT2D eigenvalue weighted by Crippen LogP contribution is -2.41. The number of hydrogen-bond acceptors (Lipinski definition) is 3. The third-order valence-electron chi connectivity index (χ3n) is 2.44. The normalized spacial score (nSPS) is 12.6. The van der Waals surface area contributed by atoms with Gasteiger partial charge >= 0.3 is 5.97 Å². The van der Waals surface area contributed by atoms with Gasteiger partial charge in [-0.1, -0.05) is 30.3 Å². The first kappa shape index (κ1) is 15.2. The van der Waals surface area contributed by atoms with Crippen molar-refractivity contribution in [1.29, 1.82) is 0 Å². The van der Waals surface area contributed by atoms with Crippen LogP contribution in [0.2, 0.25) is 0 Å². The van der Waals surface area contributed by atoms with Gasteiger partial charge in [0.2, 0.25) is 10.0 Å². The zero-order valence-corrected chi connectivity index (χ0v) is 11.1. The van der Waals surface area contributed by atoms with Crippen LogP contribution in [0.25, 0.3) is 0 Å². The lowest BCUT2D eigenvalue weighted by Gasteiger charge is -2.12. The van der Waals surface area contributed by atoms with Gasteiger partial charge in [0, 0.05) is 6.42 Å². The molecule has 1 atom stereocenters. The van der Waals surface area contributed by atoms with Crippen LogP contribution in [0.5, 0.6) is 0 Å². The second-order valence-electron chi connectivity index (χ2n) is 3.97. The van der Waals surface area contributed by atoms with Gasteiger partial charge in [-0.15, -0.1) is 12.3 Å². The highest BCUT2D eigenvalue weighted by atomic mass is 32.2. The number of nitrogens with one attached hydrogen (secondary N) is 1. The monoisotopic (exact) mass is 281 g/mol. The second-order valence-corrected chi connectivity index (χ2v) is 5.84. The molecule has 0 aromatic heterocycles. The lowest BCUT2D eigenvalue weighted by molar-refractivity contribution is -0.138. The summed E-state index contributed by atoms with van der Waals surface area (Å²) in [4.78, 5) is 10.8. The topological polar surface area (TPSA) is 83.5 Å². The molecule has 0 fully saturated rings. The molecular formula is C13H15NO4S. The van der Waals surface area contributed by atoms with E-state index in [-0.39, 0.29) is 12.2 Å². The quantitative estimate of drug-likeness (QED) is 0.718. The summed E-state index contributed by atoms with van der Waals surface area (Å²) in [6.45, 7) is 0. The number of carboxylic acid groups (broad SMARTS) is 1. The fraction of sp³-hybridized carbons (Fsp3) is 0.308. The summed E-state index contributed by atoms with van der Waals surface area (Å²) in [5.74, 6) is 0.686. The molecular weight excluding hydrogens is 266 g/mol. The number of benzene rings is 1. The Morgan fingerprint density at radius 3 is 2.53 bits per heavy atom. The lowest BCUT2D eigenvalue weighted by atomic mass is 10.2. The van der Waals surface area contributed by atoms with Crippen LogP contribution in [0, 0.1) is 12.3 Å². The van der Waals surface area contributed by atoms with E-state index in [1.165, 1.54) is 0 Å². The maximum Gasteiger partial charge on any atom is 0.322 e. The number of terminal acetylenes is 1. The number of aryl methyl sites for hydroxylation is 1. The van der Waals surface area contributed by atoms with Gasteiger partial charge in [0.25, 0.3) is 0 Å². The van der Waals surface area contributed by atoms with E-state index < -0.39 is 22.0 Å². The van der Waals surface area contributed by atoms with Crippen molar-refractivity contribution in [2.75, 3.05) is 5.75 Å². The van der Waals surface area contributed by atoms with Gasteiger partial charge in [-0.3, -0.25) is 4.79 Å². The molecule has 0 radical (unpaired) electrons. The molecule has 6 heteroatoms. The highest BCUT2D eigenvalue weighted by Crippen LogP contribution is 2.03. The largest absolute Gasteiger partial charge is 0.480 e. The van der Waals surface area contributed by atoms with Gasteiger partial charge in [0.15, 0.2) is 0 Å². The summed E-state index contributed by atoms with van der Waals surface area (Å²) in [5.41, 5.74) is 0.872. The smallest absolute Gasteiger partial charge is 0.322 e. The van der Waals surface area contributed by atoms with Crippen molar-refractivity contribution in [3.63, 3.8) is 0 Å². The van der Waals surface area contributed by atoms with Crippen molar-refractivity contribution in [3.05, 3.63) is 35.9 Å². The Labute approximate surface area is 112 Å². The molecule has 0 aliphatic rings. The van der Waals surface area contributed by atoms with Gasteiger partial charge in [-0.2, -0.15) is 4.72 Å². The first-order chi connectivity index (χ1) is 8.94. The molecule has 2 N–H and O–H groups in total. The maximum atomic E-state index is 11.8. The van der Waals surface area contributed by atoms with Crippen molar-refractivity contribution >= 4 is 16.0 Å². The summed E-state index contributed by atoms with van der Waals surface area (Å²) in [6.07, 6.45) is 5.14. The molecule has 0 saturated heterocycles. The van der Waals surface area contributed by atoms with E-state index in [1.54, 1.807) is 0 Å². The highest BCUT2D eigenvalue weighted by molar-refractivity contribution is 7.89. The van der Waals surface area contributed by atoms with Crippen molar-refractivity contribution in [2.45, 2.75) is 18.9 Å². The third-order valence-corrected chi connectivity index (χ3v) is 3.83. The molecule has 0 spiro atoms. The molecule has 5 nitrogen and oxygen atoms in total. The molecule has 0 bridgehead atoms. The van der Waals surface area contributed by atoms with E-state index in [0.717, 1.165) is 5.56 Å². The molecule has 0 aliphatic carbocycles. The summed E-state index contributed by atoms with van der Waals surface area (Å²) < 4.78 is 25.6. The van der Waals surface area contributed by atoms with Crippen molar-refractivity contribution in [2.24, 2.45) is 0 Å². The molecule has 0 aliphatic heterocycles. The minimum atomic E-state index is -3.67. The summed E-state index contributed by atoms with van der Waals surface area (Å²) in [6, 6.07) is 7.81. The Morgan fingerprint density at radius 1 is 1.37 bits per heavy atom. The molecule has 19 heavy (non-hydrogen) atoms. The first-order valence-electron chi connectivity index (χ1n) is 5.65. The van der Waals surface area contributed by atoms with E-state index in [0.29, 0.717) is 6.42 Å². The Kier molecular flexibility index (Phi) is 5.55. The van der Waals surface area contributed by atoms with Crippen LogP contribution in [0.1, 0.15) is 12.0 Å². The average molecular weight is 281 g/mol. The van der Waals surface area contributed by atoms with Crippen LogP contribution in [0.4, 0.5) is 0 Å². The van der Waals surface area contributed by atoms with E-state index in [4.69, 9.17) is 11.5 Å².